The van der Waals surface area contributed by atoms with E-state index in [1.165, 1.54) is 0 Å². The maximum atomic E-state index is 13.1. The Morgan fingerprint density at radius 3 is 2.52 bits per heavy atom. The molecule has 1 aromatic rings. The monoisotopic (exact) mass is 457 g/mol. The van der Waals surface area contributed by atoms with E-state index in [-0.39, 0.29) is 36.2 Å². The van der Waals surface area contributed by atoms with Crippen LogP contribution in [0.5, 0.6) is 0 Å². The van der Waals surface area contributed by atoms with Gasteiger partial charge >= 0.3 is 11.9 Å². The molecule has 2 bridgehead atoms. The standard InChI is InChI=1S/C22H29F2NO5S/c23-22(24,21(26)27)13-6-2-5-9-17-18(20-11-10-19(17)30-20)15-25-31(28,29)14-12-16-7-3-1-4-8-16/h1-5,7-8,17-20,25H,6,9-15H2,(H,26,27)/b5-2-/t17-,18+,19-,20+/m1/s1. The highest BCUT2D eigenvalue weighted by atomic mass is 32.2. The Labute approximate surface area is 181 Å². The van der Waals surface area contributed by atoms with Crippen molar-refractivity contribution in [2.45, 2.75) is 56.7 Å². The van der Waals surface area contributed by atoms with Crippen LogP contribution in [0.1, 0.15) is 37.7 Å². The minimum absolute atomic E-state index is 0.0107. The number of carbonyl (C=O) groups is 1. The molecule has 0 aromatic heterocycles. The Bertz CT molecular complexity index is 875. The van der Waals surface area contributed by atoms with Gasteiger partial charge in [-0.3, -0.25) is 0 Å². The van der Waals surface area contributed by atoms with Crippen LogP contribution in [-0.2, 0) is 26.0 Å². The van der Waals surface area contributed by atoms with Gasteiger partial charge in [-0.25, -0.2) is 17.9 Å². The van der Waals surface area contributed by atoms with Gasteiger partial charge in [-0.1, -0.05) is 42.5 Å². The average Bonchev–Trinajstić information content (AvgIpc) is 3.33. The fourth-order valence-corrected chi connectivity index (χ4v) is 5.51. The highest BCUT2D eigenvalue weighted by Crippen LogP contribution is 2.45. The fourth-order valence-electron chi connectivity index (χ4n) is 4.41. The summed E-state index contributed by atoms with van der Waals surface area (Å²) in [5.41, 5.74) is 0.965. The van der Waals surface area contributed by atoms with Crippen molar-refractivity contribution < 1.29 is 31.8 Å². The van der Waals surface area contributed by atoms with Crippen LogP contribution < -0.4 is 4.72 Å². The van der Waals surface area contributed by atoms with Gasteiger partial charge in [0.25, 0.3) is 0 Å². The van der Waals surface area contributed by atoms with E-state index in [9.17, 15) is 22.0 Å². The first-order chi connectivity index (χ1) is 14.7. The smallest absolute Gasteiger partial charge is 0.374 e. The summed E-state index contributed by atoms with van der Waals surface area (Å²) in [7, 11) is -3.42. The normalized spacial score (nSPS) is 26.0. The first-order valence-corrected chi connectivity index (χ1v) is 12.3. The molecule has 2 aliphatic rings. The Kier molecular flexibility index (Phi) is 7.82. The molecular weight excluding hydrogens is 428 g/mol. The van der Waals surface area contributed by atoms with Gasteiger partial charge in [0.1, 0.15) is 0 Å². The van der Waals surface area contributed by atoms with Crippen molar-refractivity contribution in [2.75, 3.05) is 12.3 Å². The average molecular weight is 458 g/mol. The van der Waals surface area contributed by atoms with E-state index in [1.54, 1.807) is 12.2 Å². The minimum Gasteiger partial charge on any atom is -0.477 e. The fraction of sp³-hybridized carbons (Fsp3) is 0.591. The highest BCUT2D eigenvalue weighted by molar-refractivity contribution is 7.89. The highest BCUT2D eigenvalue weighted by Gasteiger charge is 2.48. The third-order valence-corrected chi connectivity index (χ3v) is 7.49. The molecule has 1 aromatic carbocycles. The van der Waals surface area contributed by atoms with E-state index in [0.29, 0.717) is 19.4 Å². The van der Waals surface area contributed by atoms with Crippen molar-refractivity contribution in [3.8, 4) is 0 Å². The zero-order valence-corrected chi connectivity index (χ0v) is 18.1. The molecule has 2 aliphatic heterocycles. The number of aryl methyl sites for hydroxylation is 1. The van der Waals surface area contributed by atoms with E-state index >= 15 is 0 Å². The summed E-state index contributed by atoms with van der Waals surface area (Å²) in [6.07, 6.45) is 5.49. The lowest BCUT2D eigenvalue weighted by molar-refractivity contribution is -0.165. The van der Waals surface area contributed by atoms with Crippen molar-refractivity contribution >= 4 is 16.0 Å². The van der Waals surface area contributed by atoms with E-state index in [2.05, 4.69) is 4.72 Å². The van der Waals surface area contributed by atoms with Gasteiger partial charge in [-0.2, -0.15) is 8.78 Å². The number of carboxylic acid groups (broad SMARTS) is 1. The number of ether oxygens (including phenoxy) is 1. The number of nitrogens with one attached hydrogen (secondary N) is 1. The molecule has 3 rings (SSSR count). The maximum Gasteiger partial charge on any atom is 0.374 e. The SMILES string of the molecule is O=C(O)C(F)(F)CC/C=C\C[C@@H]1[C@H](CNS(=O)(=O)CCc2ccccc2)[C@@H]2CC[C@H]1O2. The molecule has 31 heavy (non-hydrogen) atoms. The van der Waals surface area contributed by atoms with Gasteiger partial charge in [-0.05, 0) is 43.6 Å². The van der Waals surface area contributed by atoms with E-state index in [0.717, 1.165) is 18.4 Å². The predicted octanol–water partition coefficient (Wildman–Crippen LogP) is 3.39. The molecule has 0 unspecified atom stereocenters. The van der Waals surface area contributed by atoms with Gasteiger partial charge in [-0.15, -0.1) is 0 Å². The lowest BCUT2D eigenvalue weighted by Gasteiger charge is -2.27. The molecule has 0 saturated carbocycles. The Morgan fingerprint density at radius 2 is 1.84 bits per heavy atom. The van der Waals surface area contributed by atoms with Crippen molar-refractivity contribution in [2.24, 2.45) is 11.8 Å². The van der Waals surface area contributed by atoms with Crippen LogP contribution in [0.25, 0.3) is 0 Å². The first kappa shape index (κ1) is 23.8. The number of alkyl halides is 2. The molecule has 4 atom stereocenters. The van der Waals surface area contributed by atoms with Crippen molar-refractivity contribution in [3.05, 3.63) is 48.0 Å². The van der Waals surface area contributed by atoms with E-state index < -0.39 is 28.3 Å². The van der Waals surface area contributed by atoms with Crippen LogP contribution >= 0.6 is 0 Å². The summed E-state index contributed by atoms with van der Waals surface area (Å²) in [5.74, 6) is -5.66. The van der Waals surface area contributed by atoms with Crippen LogP contribution in [0.15, 0.2) is 42.5 Å². The number of carboxylic acids is 1. The number of aliphatic carboxylic acids is 1. The number of benzene rings is 1. The second kappa shape index (κ2) is 10.2. The van der Waals surface area contributed by atoms with Gasteiger partial charge < -0.3 is 9.84 Å². The molecule has 0 spiro atoms. The van der Waals surface area contributed by atoms with Crippen molar-refractivity contribution in [3.63, 3.8) is 0 Å². The summed E-state index contributed by atoms with van der Waals surface area (Å²) in [4.78, 5) is 10.5. The second-order valence-corrected chi connectivity index (χ2v) is 10.2. The molecule has 2 N–H and O–H groups in total. The summed E-state index contributed by atoms with van der Waals surface area (Å²) in [5, 5.41) is 8.46. The van der Waals surface area contributed by atoms with Crippen LogP contribution in [0.3, 0.4) is 0 Å². The maximum absolute atomic E-state index is 13.1. The molecule has 2 saturated heterocycles. The molecule has 2 heterocycles. The third-order valence-electron chi connectivity index (χ3n) is 6.14. The predicted molar refractivity (Wildman–Crippen MR) is 112 cm³/mol. The minimum atomic E-state index is -3.72. The number of rotatable bonds is 12. The lowest BCUT2D eigenvalue weighted by atomic mass is 9.77. The van der Waals surface area contributed by atoms with E-state index in [4.69, 9.17) is 9.84 Å². The van der Waals surface area contributed by atoms with Crippen molar-refractivity contribution in [1.82, 2.24) is 4.72 Å². The first-order valence-electron chi connectivity index (χ1n) is 10.6. The number of hydrogen-bond acceptors (Lipinski definition) is 4. The third kappa shape index (κ3) is 6.57. The van der Waals surface area contributed by atoms with Gasteiger partial charge in [0.05, 0.1) is 18.0 Å². The summed E-state index contributed by atoms with van der Waals surface area (Å²) >= 11 is 0. The summed E-state index contributed by atoms with van der Waals surface area (Å²) in [6.45, 7) is 0.299. The summed E-state index contributed by atoms with van der Waals surface area (Å²) < 4.78 is 59.8. The Morgan fingerprint density at radius 1 is 1.16 bits per heavy atom. The van der Waals surface area contributed by atoms with Gasteiger partial charge in [0, 0.05) is 18.9 Å². The summed E-state index contributed by atoms with van der Waals surface area (Å²) in [6, 6.07) is 9.44. The number of sulfonamides is 1. The Hall–Kier alpha value is -1.84. The molecular formula is C22H29F2NO5S. The Balaban J connectivity index is 1.48. The van der Waals surface area contributed by atoms with Gasteiger partial charge in [0.2, 0.25) is 10.0 Å². The van der Waals surface area contributed by atoms with Crippen LogP contribution in [0, 0.1) is 11.8 Å². The number of fused-ring (bicyclic) bond motifs is 2. The zero-order chi connectivity index (χ0) is 22.5. The molecule has 9 heteroatoms. The van der Waals surface area contributed by atoms with E-state index in [1.807, 2.05) is 30.3 Å². The van der Waals surface area contributed by atoms with Crippen LogP contribution in [0.2, 0.25) is 0 Å². The quantitative estimate of drug-likeness (QED) is 0.470. The van der Waals surface area contributed by atoms with Crippen LogP contribution in [0.4, 0.5) is 8.78 Å². The molecule has 0 aliphatic carbocycles. The van der Waals surface area contributed by atoms with Gasteiger partial charge in [0.15, 0.2) is 0 Å². The molecule has 172 valence electrons. The zero-order valence-electron chi connectivity index (χ0n) is 17.3. The topological polar surface area (TPSA) is 92.7 Å². The number of halogens is 2. The molecule has 0 radical (unpaired) electrons. The van der Waals surface area contributed by atoms with Crippen molar-refractivity contribution in [1.29, 1.82) is 0 Å². The van der Waals surface area contributed by atoms with Crippen LogP contribution in [-0.4, -0.2) is 49.9 Å². The molecule has 6 nitrogen and oxygen atoms in total. The lowest BCUT2D eigenvalue weighted by Crippen LogP contribution is -2.39. The second-order valence-electron chi connectivity index (χ2n) is 8.28. The number of allylic oxidation sites excluding steroid dienone is 2. The molecule has 2 fully saturated rings. The molecule has 0 amide bonds. The largest absolute Gasteiger partial charge is 0.477 e. The number of hydrogen-bond donors (Lipinski definition) is 2.